The lowest BCUT2D eigenvalue weighted by Gasteiger charge is -2.25. The van der Waals surface area contributed by atoms with E-state index < -0.39 is 0 Å². The molecule has 2 rings (SSSR count). The number of carbonyl (C=O) groups excluding carboxylic acids is 1. The SMILES string of the molecule is CC(C)CC(=O)NC(C)C1(c2ccc(Br)cc2)CC1. The molecule has 1 atom stereocenters. The van der Waals surface area contributed by atoms with E-state index >= 15 is 0 Å². The first-order valence-corrected chi connectivity index (χ1v) is 7.79. The van der Waals surface area contributed by atoms with Crippen molar-refractivity contribution in [2.24, 2.45) is 5.92 Å². The fourth-order valence-electron chi connectivity index (χ4n) is 2.70. The Morgan fingerprint density at radius 1 is 1.26 bits per heavy atom. The van der Waals surface area contributed by atoms with Crippen LogP contribution in [-0.2, 0) is 10.2 Å². The first-order valence-electron chi connectivity index (χ1n) is 6.99. The highest BCUT2D eigenvalue weighted by Gasteiger charge is 2.49. The Kier molecular flexibility index (Phi) is 4.34. The summed E-state index contributed by atoms with van der Waals surface area (Å²) in [6, 6.07) is 8.71. The summed E-state index contributed by atoms with van der Waals surface area (Å²) in [5.41, 5.74) is 1.50. The summed E-state index contributed by atoms with van der Waals surface area (Å²) in [6.07, 6.45) is 2.94. The molecule has 0 radical (unpaired) electrons. The number of halogens is 1. The second-order valence-electron chi connectivity index (χ2n) is 6.05. The summed E-state index contributed by atoms with van der Waals surface area (Å²) in [5.74, 6) is 0.584. The third-order valence-electron chi connectivity index (χ3n) is 4.01. The molecule has 1 N–H and O–H groups in total. The first kappa shape index (κ1) is 14.6. The molecule has 1 aromatic rings. The monoisotopic (exact) mass is 323 g/mol. The van der Waals surface area contributed by atoms with Crippen LogP contribution in [0.3, 0.4) is 0 Å². The minimum Gasteiger partial charge on any atom is -0.353 e. The van der Waals surface area contributed by atoms with Gasteiger partial charge in [-0.15, -0.1) is 0 Å². The van der Waals surface area contributed by atoms with E-state index in [1.807, 2.05) is 0 Å². The second-order valence-corrected chi connectivity index (χ2v) is 6.97. The predicted octanol–water partition coefficient (Wildman–Crippen LogP) is 4.03. The molecule has 0 aliphatic heterocycles. The van der Waals surface area contributed by atoms with Gasteiger partial charge in [-0.2, -0.15) is 0 Å². The molecule has 104 valence electrons. The molecule has 3 heteroatoms. The zero-order valence-corrected chi connectivity index (χ0v) is 13.5. The van der Waals surface area contributed by atoms with Crippen molar-refractivity contribution in [3.63, 3.8) is 0 Å². The number of carbonyl (C=O) groups is 1. The fourth-order valence-corrected chi connectivity index (χ4v) is 2.96. The minimum atomic E-state index is 0.160. The van der Waals surface area contributed by atoms with Crippen molar-refractivity contribution in [1.82, 2.24) is 5.32 Å². The van der Waals surface area contributed by atoms with Crippen LogP contribution in [0.25, 0.3) is 0 Å². The first-order chi connectivity index (χ1) is 8.94. The van der Waals surface area contributed by atoms with E-state index in [-0.39, 0.29) is 17.4 Å². The third-order valence-corrected chi connectivity index (χ3v) is 4.54. The minimum absolute atomic E-state index is 0.160. The quantitative estimate of drug-likeness (QED) is 0.870. The molecular formula is C16H22BrNO. The van der Waals surface area contributed by atoms with E-state index in [1.165, 1.54) is 5.56 Å². The van der Waals surface area contributed by atoms with E-state index in [9.17, 15) is 4.79 Å². The van der Waals surface area contributed by atoms with Crippen LogP contribution in [0.1, 0.15) is 45.6 Å². The van der Waals surface area contributed by atoms with E-state index in [2.05, 4.69) is 66.3 Å². The summed E-state index contributed by atoms with van der Waals surface area (Å²) in [6.45, 7) is 6.28. The molecule has 0 saturated heterocycles. The standard InChI is InChI=1S/C16H22BrNO/c1-11(2)10-15(19)18-12(3)16(8-9-16)13-4-6-14(17)7-5-13/h4-7,11-12H,8-10H2,1-3H3,(H,18,19). The van der Waals surface area contributed by atoms with Crippen LogP contribution in [0.4, 0.5) is 0 Å². The molecule has 0 bridgehead atoms. The number of amides is 1. The van der Waals surface area contributed by atoms with Gasteiger partial charge in [0.1, 0.15) is 0 Å². The van der Waals surface area contributed by atoms with E-state index in [0.717, 1.165) is 17.3 Å². The lowest BCUT2D eigenvalue weighted by molar-refractivity contribution is -0.122. The Bertz CT molecular complexity index is 448. The van der Waals surface area contributed by atoms with Gasteiger partial charge < -0.3 is 5.32 Å². The number of rotatable bonds is 5. The van der Waals surface area contributed by atoms with Crippen molar-refractivity contribution >= 4 is 21.8 Å². The largest absolute Gasteiger partial charge is 0.353 e. The van der Waals surface area contributed by atoms with E-state index in [1.54, 1.807) is 0 Å². The number of hydrogen-bond donors (Lipinski definition) is 1. The highest BCUT2D eigenvalue weighted by atomic mass is 79.9. The molecule has 0 heterocycles. The molecule has 0 spiro atoms. The van der Waals surface area contributed by atoms with Gasteiger partial charge in [-0.25, -0.2) is 0 Å². The van der Waals surface area contributed by atoms with Crippen LogP contribution >= 0.6 is 15.9 Å². The van der Waals surface area contributed by atoms with Gasteiger partial charge in [0.25, 0.3) is 0 Å². The van der Waals surface area contributed by atoms with Crippen LogP contribution in [-0.4, -0.2) is 11.9 Å². The van der Waals surface area contributed by atoms with E-state index in [0.29, 0.717) is 12.3 Å². The van der Waals surface area contributed by atoms with Crippen LogP contribution in [0, 0.1) is 5.92 Å². The van der Waals surface area contributed by atoms with Gasteiger partial charge in [-0.3, -0.25) is 4.79 Å². The highest BCUT2D eigenvalue weighted by Crippen LogP contribution is 2.51. The summed E-state index contributed by atoms with van der Waals surface area (Å²) in [7, 11) is 0. The summed E-state index contributed by atoms with van der Waals surface area (Å²) in [4.78, 5) is 11.9. The smallest absolute Gasteiger partial charge is 0.220 e. The zero-order chi connectivity index (χ0) is 14.0. The Labute approximate surface area is 124 Å². The van der Waals surface area contributed by atoms with E-state index in [4.69, 9.17) is 0 Å². The van der Waals surface area contributed by atoms with Gasteiger partial charge in [0.2, 0.25) is 5.91 Å². The third kappa shape index (κ3) is 3.38. The van der Waals surface area contributed by atoms with Gasteiger partial charge in [0.05, 0.1) is 0 Å². The fraction of sp³-hybridized carbons (Fsp3) is 0.562. The molecule has 1 saturated carbocycles. The van der Waals surface area contributed by atoms with Crippen molar-refractivity contribution in [1.29, 1.82) is 0 Å². The molecule has 1 aliphatic carbocycles. The van der Waals surface area contributed by atoms with Gasteiger partial charge in [-0.1, -0.05) is 41.9 Å². The van der Waals surface area contributed by atoms with Crippen molar-refractivity contribution in [3.8, 4) is 0 Å². The van der Waals surface area contributed by atoms with Crippen LogP contribution in [0.2, 0.25) is 0 Å². The average Bonchev–Trinajstić information content (AvgIpc) is 3.09. The maximum Gasteiger partial charge on any atom is 0.220 e. The Morgan fingerprint density at radius 2 is 1.84 bits per heavy atom. The van der Waals surface area contributed by atoms with Gasteiger partial charge in [-0.05, 0) is 43.4 Å². The molecule has 1 amide bonds. The maximum atomic E-state index is 11.9. The highest BCUT2D eigenvalue weighted by molar-refractivity contribution is 9.10. The van der Waals surface area contributed by atoms with Crippen LogP contribution in [0.15, 0.2) is 28.7 Å². The summed E-state index contributed by atoms with van der Waals surface area (Å²) < 4.78 is 1.10. The van der Waals surface area contributed by atoms with Crippen LogP contribution < -0.4 is 5.32 Å². The normalized spacial score (nSPS) is 18.2. The molecule has 1 aromatic carbocycles. The van der Waals surface area contributed by atoms with Crippen molar-refractivity contribution in [2.45, 2.75) is 51.5 Å². The van der Waals surface area contributed by atoms with Gasteiger partial charge in [0, 0.05) is 22.4 Å². The number of nitrogens with one attached hydrogen (secondary N) is 1. The predicted molar refractivity (Wildman–Crippen MR) is 82.1 cm³/mol. The van der Waals surface area contributed by atoms with Crippen molar-refractivity contribution in [3.05, 3.63) is 34.3 Å². The Hall–Kier alpha value is -0.830. The topological polar surface area (TPSA) is 29.1 Å². The lowest BCUT2D eigenvalue weighted by Crippen LogP contribution is -2.41. The van der Waals surface area contributed by atoms with Crippen molar-refractivity contribution < 1.29 is 4.79 Å². The molecule has 19 heavy (non-hydrogen) atoms. The zero-order valence-electron chi connectivity index (χ0n) is 11.9. The number of benzene rings is 1. The van der Waals surface area contributed by atoms with Gasteiger partial charge >= 0.3 is 0 Å². The second kappa shape index (κ2) is 5.66. The average molecular weight is 324 g/mol. The van der Waals surface area contributed by atoms with Crippen LogP contribution in [0.5, 0.6) is 0 Å². The molecule has 1 aliphatic rings. The lowest BCUT2D eigenvalue weighted by atomic mass is 9.89. The molecular weight excluding hydrogens is 302 g/mol. The summed E-state index contributed by atoms with van der Waals surface area (Å²) >= 11 is 3.47. The molecule has 2 nitrogen and oxygen atoms in total. The number of hydrogen-bond acceptors (Lipinski definition) is 1. The van der Waals surface area contributed by atoms with Crippen molar-refractivity contribution in [2.75, 3.05) is 0 Å². The Balaban J connectivity index is 2.04. The Morgan fingerprint density at radius 3 is 2.32 bits per heavy atom. The van der Waals surface area contributed by atoms with Gasteiger partial charge in [0.15, 0.2) is 0 Å². The molecule has 0 aromatic heterocycles. The molecule has 1 unspecified atom stereocenters. The molecule has 1 fully saturated rings. The maximum absolute atomic E-state index is 11.9. The summed E-state index contributed by atoms with van der Waals surface area (Å²) in [5, 5.41) is 3.18.